The van der Waals surface area contributed by atoms with Gasteiger partial charge in [-0.15, -0.1) is 0 Å². The zero-order chi connectivity index (χ0) is 20.0. The van der Waals surface area contributed by atoms with Gasteiger partial charge in [0.2, 0.25) is 0 Å². The van der Waals surface area contributed by atoms with E-state index in [1.54, 1.807) is 6.07 Å². The molecule has 0 atom stereocenters. The topological polar surface area (TPSA) is 100 Å². The summed E-state index contributed by atoms with van der Waals surface area (Å²) >= 11 is 0. The van der Waals surface area contributed by atoms with Gasteiger partial charge in [-0.1, -0.05) is 6.07 Å². The van der Waals surface area contributed by atoms with Crippen molar-refractivity contribution in [2.45, 2.75) is 6.18 Å². The Morgan fingerprint density at radius 1 is 1.11 bits per heavy atom. The van der Waals surface area contributed by atoms with Gasteiger partial charge in [-0.05, 0) is 36.4 Å². The molecule has 27 heavy (non-hydrogen) atoms. The molecule has 0 unspecified atom stereocenters. The number of alkyl halides is 3. The molecular weight excluding hydrogens is 367 g/mol. The lowest BCUT2D eigenvalue weighted by atomic mass is 10.2. The summed E-state index contributed by atoms with van der Waals surface area (Å²) in [5.41, 5.74) is 1.30. The van der Waals surface area contributed by atoms with Crippen LogP contribution in [0.4, 0.5) is 18.9 Å². The maximum Gasteiger partial charge on any atom is 0.416 e. The molecule has 2 aromatic rings. The fraction of sp³-hybridized carbons (Fsp3) is 0.118. The van der Waals surface area contributed by atoms with Crippen LogP contribution in [0.25, 0.3) is 0 Å². The second-order valence-corrected chi connectivity index (χ2v) is 5.13. The Bertz CT molecular complexity index is 865. The average molecular weight is 381 g/mol. The van der Waals surface area contributed by atoms with Gasteiger partial charge in [0.25, 0.3) is 0 Å². The molecule has 0 aliphatic rings. The largest absolute Gasteiger partial charge is 0.504 e. The number of ether oxygens (including phenoxy) is 1. The van der Waals surface area contributed by atoms with E-state index in [9.17, 15) is 27.9 Å². The number of aromatic hydroxyl groups is 1. The monoisotopic (exact) mass is 381 g/mol. The average Bonchev–Trinajstić information content (AvgIpc) is 2.62. The van der Waals surface area contributed by atoms with E-state index in [1.165, 1.54) is 19.2 Å². The van der Waals surface area contributed by atoms with Crippen LogP contribution in [0.5, 0.6) is 11.5 Å². The van der Waals surface area contributed by atoms with Crippen molar-refractivity contribution >= 4 is 23.7 Å². The summed E-state index contributed by atoms with van der Waals surface area (Å²) in [7, 11) is 1.36. The molecule has 0 bridgehead atoms. The Hall–Kier alpha value is -3.56. The van der Waals surface area contributed by atoms with E-state index in [0.29, 0.717) is 0 Å². The number of hydrazone groups is 1. The van der Waals surface area contributed by atoms with E-state index < -0.39 is 23.6 Å². The highest BCUT2D eigenvalue weighted by atomic mass is 19.4. The lowest BCUT2D eigenvalue weighted by Gasteiger charge is -2.08. The smallest absolute Gasteiger partial charge is 0.416 e. The van der Waals surface area contributed by atoms with Crippen molar-refractivity contribution in [3.63, 3.8) is 0 Å². The molecule has 0 saturated carbocycles. The molecule has 0 aliphatic heterocycles. The second kappa shape index (κ2) is 8.21. The van der Waals surface area contributed by atoms with E-state index in [4.69, 9.17) is 4.74 Å². The summed E-state index contributed by atoms with van der Waals surface area (Å²) in [5.74, 6) is -2.27. The van der Waals surface area contributed by atoms with Crippen LogP contribution in [0.1, 0.15) is 11.1 Å². The van der Waals surface area contributed by atoms with Crippen LogP contribution in [0.15, 0.2) is 47.6 Å². The minimum atomic E-state index is -4.50. The van der Waals surface area contributed by atoms with Crippen LogP contribution >= 0.6 is 0 Å². The van der Waals surface area contributed by atoms with Gasteiger partial charge in [0.05, 0.1) is 18.9 Å². The highest BCUT2D eigenvalue weighted by Gasteiger charge is 2.30. The summed E-state index contributed by atoms with van der Waals surface area (Å²) in [5, 5.41) is 15.5. The normalized spacial score (nSPS) is 11.3. The van der Waals surface area contributed by atoms with Gasteiger partial charge in [-0.3, -0.25) is 9.59 Å². The zero-order valence-electron chi connectivity index (χ0n) is 13.9. The van der Waals surface area contributed by atoms with Gasteiger partial charge >= 0.3 is 18.0 Å². The third kappa shape index (κ3) is 5.21. The van der Waals surface area contributed by atoms with Gasteiger partial charge in [0, 0.05) is 11.3 Å². The number of hydrogen-bond acceptors (Lipinski definition) is 5. The fourth-order valence-electron chi connectivity index (χ4n) is 1.95. The van der Waals surface area contributed by atoms with Crippen molar-refractivity contribution in [2.75, 3.05) is 12.4 Å². The van der Waals surface area contributed by atoms with Crippen molar-refractivity contribution in [1.29, 1.82) is 0 Å². The quantitative estimate of drug-likeness (QED) is 0.430. The molecule has 142 valence electrons. The molecular formula is C17H14F3N3O4. The Labute approximate surface area is 151 Å². The van der Waals surface area contributed by atoms with Gasteiger partial charge in [0.15, 0.2) is 11.5 Å². The van der Waals surface area contributed by atoms with E-state index >= 15 is 0 Å². The number of methoxy groups -OCH3 is 1. The number of nitrogens with zero attached hydrogens (tertiary/aromatic N) is 1. The van der Waals surface area contributed by atoms with Crippen molar-refractivity contribution < 1.29 is 32.6 Å². The van der Waals surface area contributed by atoms with Gasteiger partial charge in [-0.2, -0.15) is 18.3 Å². The minimum Gasteiger partial charge on any atom is -0.504 e. The minimum absolute atomic E-state index is 0.0116. The molecule has 2 rings (SSSR count). The van der Waals surface area contributed by atoms with Gasteiger partial charge in [-0.25, -0.2) is 5.43 Å². The van der Waals surface area contributed by atoms with Crippen molar-refractivity contribution in [3.05, 3.63) is 53.6 Å². The number of amides is 2. The lowest BCUT2D eigenvalue weighted by molar-refractivity contribution is -0.137. The molecule has 0 spiro atoms. The number of benzene rings is 2. The molecule has 3 N–H and O–H groups in total. The Kier molecular flexibility index (Phi) is 6.01. The summed E-state index contributed by atoms with van der Waals surface area (Å²) in [6, 6.07) is 8.18. The third-order valence-corrected chi connectivity index (χ3v) is 3.30. The standard InChI is InChI=1S/C17H14F3N3O4/c1-27-13-4-2-3-10(14(13)24)9-21-23-16(26)15(25)22-12-7-5-11(6-8-12)17(18,19)20/h2-9,24H,1H3,(H,22,25)(H,23,26)/b21-9+. The van der Waals surface area contributed by atoms with Crippen molar-refractivity contribution in [3.8, 4) is 11.5 Å². The molecule has 7 nitrogen and oxygen atoms in total. The predicted molar refractivity (Wildman–Crippen MR) is 90.5 cm³/mol. The first-order valence-electron chi connectivity index (χ1n) is 7.40. The zero-order valence-corrected chi connectivity index (χ0v) is 13.9. The number of rotatable bonds is 4. The van der Waals surface area contributed by atoms with Crippen molar-refractivity contribution in [2.24, 2.45) is 5.10 Å². The van der Waals surface area contributed by atoms with Gasteiger partial charge < -0.3 is 15.2 Å². The molecule has 2 aromatic carbocycles. The van der Waals surface area contributed by atoms with Gasteiger partial charge in [0.1, 0.15) is 0 Å². The van der Waals surface area contributed by atoms with Crippen LogP contribution in [-0.2, 0) is 15.8 Å². The molecule has 10 heteroatoms. The number of carbonyl (C=O) groups is 2. The van der Waals surface area contributed by atoms with Crippen LogP contribution in [0, 0.1) is 0 Å². The molecule has 0 aromatic heterocycles. The fourth-order valence-corrected chi connectivity index (χ4v) is 1.95. The van der Waals surface area contributed by atoms with E-state index in [0.717, 1.165) is 30.5 Å². The molecule has 2 amide bonds. The molecule has 0 fully saturated rings. The highest BCUT2D eigenvalue weighted by Crippen LogP contribution is 2.30. The number of carbonyl (C=O) groups excluding carboxylic acids is 2. The van der Waals surface area contributed by atoms with Crippen LogP contribution in [0.2, 0.25) is 0 Å². The van der Waals surface area contributed by atoms with Crippen molar-refractivity contribution in [1.82, 2.24) is 5.43 Å². The summed E-state index contributed by atoms with van der Waals surface area (Å²) in [6.45, 7) is 0. The van der Waals surface area contributed by atoms with E-state index in [-0.39, 0.29) is 22.7 Å². The number of hydrogen-bond donors (Lipinski definition) is 3. The Morgan fingerprint density at radius 3 is 2.37 bits per heavy atom. The number of anilines is 1. The van der Waals surface area contributed by atoms with Crippen LogP contribution in [0.3, 0.4) is 0 Å². The molecule has 0 heterocycles. The first kappa shape index (κ1) is 19.8. The SMILES string of the molecule is COc1cccc(/C=N/NC(=O)C(=O)Nc2ccc(C(F)(F)F)cc2)c1O. The number of phenolic OH excluding ortho intramolecular Hbond substituents is 1. The lowest BCUT2D eigenvalue weighted by Crippen LogP contribution is -2.32. The number of para-hydroxylation sites is 1. The maximum absolute atomic E-state index is 12.5. The van der Waals surface area contributed by atoms with E-state index in [1.807, 2.05) is 5.43 Å². The molecule has 0 aliphatic carbocycles. The predicted octanol–water partition coefficient (Wildman–Crippen LogP) is 2.51. The summed E-state index contributed by atoms with van der Waals surface area (Å²) in [6.07, 6.45) is -3.40. The number of nitrogens with one attached hydrogen (secondary N) is 2. The van der Waals surface area contributed by atoms with E-state index in [2.05, 4.69) is 10.4 Å². The van der Waals surface area contributed by atoms with Crippen LogP contribution < -0.4 is 15.5 Å². The first-order valence-corrected chi connectivity index (χ1v) is 7.40. The molecule has 0 radical (unpaired) electrons. The number of phenols is 1. The van der Waals surface area contributed by atoms with Crippen LogP contribution in [-0.4, -0.2) is 30.2 Å². The first-order chi connectivity index (χ1) is 12.7. The maximum atomic E-state index is 12.5. The second-order valence-electron chi connectivity index (χ2n) is 5.13. The summed E-state index contributed by atoms with van der Waals surface area (Å²) in [4.78, 5) is 23.4. The third-order valence-electron chi connectivity index (χ3n) is 3.30. The Balaban J connectivity index is 1.95. The Morgan fingerprint density at radius 2 is 1.78 bits per heavy atom. The number of halogens is 3. The molecule has 0 saturated heterocycles. The summed E-state index contributed by atoms with van der Waals surface area (Å²) < 4.78 is 42.3. The highest BCUT2D eigenvalue weighted by molar-refractivity contribution is 6.39.